The van der Waals surface area contributed by atoms with Crippen LogP contribution in [0.1, 0.15) is 12.1 Å². The third-order valence-electron chi connectivity index (χ3n) is 5.02. The second-order valence-electron chi connectivity index (χ2n) is 7.08. The number of thiazole rings is 1. The largest absolute Gasteiger partial charge is 0.365 e. The van der Waals surface area contributed by atoms with E-state index in [9.17, 15) is 8.78 Å². The van der Waals surface area contributed by atoms with Crippen molar-refractivity contribution in [2.24, 2.45) is 4.99 Å². The van der Waals surface area contributed by atoms with Gasteiger partial charge in [-0.05, 0) is 18.6 Å². The predicted molar refractivity (Wildman–Crippen MR) is 118 cm³/mol. The molecule has 8 heteroatoms. The average molecular weight is 428 g/mol. The number of hydrogen-bond acceptors (Lipinski definition) is 4. The maximum atomic E-state index is 14.0. The smallest absolute Gasteiger partial charge is 0.191 e. The minimum Gasteiger partial charge on any atom is -0.365 e. The van der Waals surface area contributed by atoms with E-state index in [4.69, 9.17) is 0 Å². The highest BCUT2D eigenvalue weighted by atomic mass is 32.1. The fourth-order valence-electron chi connectivity index (χ4n) is 3.54. The van der Waals surface area contributed by atoms with Crippen LogP contribution < -0.4 is 15.5 Å². The Morgan fingerprint density at radius 2 is 1.93 bits per heavy atom. The number of anilines is 1. The topological polar surface area (TPSA) is 52.6 Å². The molecule has 1 atom stereocenters. The van der Waals surface area contributed by atoms with Gasteiger partial charge in [0.25, 0.3) is 0 Å². The van der Waals surface area contributed by atoms with Crippen molar-refractivity contribution in [2.75, 3.05) is 25.0 Å². The number of rotatable bonds is 5. The number of para-hydroxylation sites is 1. The Bertz CT molecular complexity index is 1000. The lowest BCUT2D eigenvalue weighted by Gasteiger charge is -2.21. The monoisotopic (exact) mass is 427 g/mol. The van der Waals surface area contributed by atoms with Crippen molar-refractivity contribution in [3.05, 3.63) is 71.2 Å². The van der Waals surface area contributed by atoms with E-state index >= 15 is 0 Å². The molecule has 0 bridgehead atoms. The lowest BCUT2D eigenvalue weighted by molar-refractivity contribution is 0.576. The van der Waals surface area contributed by atoms with E-state index in [1.54, 1.807) is 23.3 Å². The summed E-state index contributed by atoms with van der Waals surface area (Å²) in [5.74, 6) is -0.420. The van der Waals surface area contributed by atoms with Gasteiger partial charge in [-0.2, -0.15) is 0 Å². The Morgan fingerprint density at radius 1 is 1.17 bits per heavy atom. The van der Waals surface area contributed by atoms with Crippen LogP contribution in [0.5, 0.6) is 0 Å². The first-order valence-corrected chi connectivity index (χ1v) is 10.7. The highest BCUT2D eigenvalue weighted by Crippen LogP contribution is 2.27. The van der Waals surface area contributed by atoms with Crippen LogP contribution >= 0.6 is 11.3 Å². The molecule has 2 N–H and O–H groups in total. The van der Waals surface area contributed by atoms with Crippen LogP contribution in [0, 0.1) is 11.6 Å². The number of benzene rings is 2. The van der Waals surface area contributed by atoms with Gasteiger partial charge in [0.1, 0.15) is 22.3 Å². The molecule has 1 aliphatic rings. The van der Waals surface area contributed by atoms with E-state index in [1.165, 1.54) is 18.2 Å². The maximum Gasteiger partial charge on any atom is 0.191 e. The van der Waals surface area contributed by atoms with Gasteiger partial charge in [-0.15, -0.1) is 11.3 Å². The first-order chi connectivity index (χ1) is 14.6. The number of guanidine groups is 1. The van der Waals surface area contributed by atoms with Gasteiger partial charge in [0.2, 0.25) is 0 Å². The Balaban J connectivity index is 1.32. The van der Waals surface area contributed by atoms with Crippen molar-refractivity contribution in [1.29, 1.82) is 0 Å². The van der Waals surface area contributed by atoms with Crippen molar-refractivity contribution in [2.45, 2.75) is 19.0 Å². The molecule has 0 aliphatic carbocycles. The van der Waals surface area contributed by atoms with Gasteiger partial charge in [-0.3, -0.25) is 4.99 Å². The molecule has 1 saturated heterocycles. The lowest BCUT2D eigenvalue weighted by Crippen LogP contribution is -2.44. The quantitative estimate of drug-likeness (QED) is 0.477. The Labute approximate surface area is 178 Å². The molecule has 1 unspecified atom stereocenters. The summed E-state index contributed by atoms with van der Waals surface area (Å²) in [7, 11) is 1.70. The van der Waals surface area contributed by atoms with Crippen LogP contribution in [-0.2, 0) is 6.54 Å². The third-order valence-corrected chi connectivity index (χ3v) is 5.96. The number of nitrogens with zero attached hydrogens (tertiary/aromatic N) is 3. The van der Waals surface area contributed by atoms with Crippen LogP contribution in [0.3, 0.4) is 0 Å². The van der Waals surface area contributed by atoms with Crippen LogP contribution in [0.2, 0.25) is 0 Å². The van der Waals surface area contributed by atoms with Gasteiger partial charge in [-0.1, -0.05) is 36.4 Å². The standard InChI is InChI=1S/C22H23F2N5S/c1-25-22(26-12-17-14-30-21(27-17)15-6-3-2-4-7-15)28-16-10-11-29(13-16)20-18(23)8-5-9-19(20)24/h2-9,14,16H,10-13H2,1H3,(H2,25,26,28). The van der Waals surface area contributed by atoms with Crippen molar-refractivity contribution >= 4 is 23.0 Å². The average Bonchev–Trinajstić information content (AvgIpc) is 3.41. The normalized spacial score (nSPS) is 16.7. The third kappa shape index (κ3) is 4.59. The molecule has 2 aromatic carbocycles. The maximum absolute atomic E-state index is 14.0. The molecule has 30 heavy (non-hydrogen) atoms. The van der Waals surface area contributed by atoms with Crippen molar-refractivity contribution < 1.29 is 8.78 Å². The number of aromatic nitrogens is 1. The molecule has 0 spiro atoms. The zero-order chi connectivity index (χ0) is 20.9. The molecule has 2 heterocycles. The fourth-order valence-corrected chi connectivity index (χ4v) is 4.36. The molecule has 5 nitrogen and oxygen atoms in total. The van der Waals surface area contributed by atoms with Crippen LogP contribution in [0.4, 0.5) is 14.5 Å². The van der Waals surface area contributed by atoms with E-state index in [2.05, 4.69) is 20.6 Å². The lowest BCUT2D eigenvalue weighted by atomic mass is 10.2. The van der Waals surface area contributed by atoms with Gasteiger partial charge in [0.15, 0.2) is 5.96 Å². The van der Waals surface area contributed by atoms with Crippen molar-refractivity contribution in [3.63, 3.8) is 0 Å². The van der Waals surface area contributed by atoms with E-state index in [0.717, 1.165) is 22.7 Å². The second-order valence-corrected chi connectivity index (χ2v) is 7.94. The Kier molecular flexibility index (Phi) is 6.23. The molecule has 3 aromatic rings. The molecule has 0 saturated carbocycles. The molecule has 4 rings (SSSR count). The number of nitrogens with one attached hydrogen (secondary N) is 2. The molecule has 1 fully saturated rings. The van der Waals surface area contributed by atoms with E-state index < -0.39 is 11.6 Å². The Morgan fingerprint density at radius 3 is 2.67 bits per heavy atom. The van der Waals surface area contributed by atoms with Gasteiger partial charge in [-0.25, -0.2) is 13.8 Å². The predicted octanol–water partition coefficient (Wildman–Crippen LogP) is 4.03. The zero-order valence-corrected chi connectivity index (χ0v) is 17.4. The zero-order valence-electron chi connectivity index (χ0n) is 16.6. The summed E-state index contributed by atoms with van der Waals surface area (Å²) in [4.78, 5) is 10.7. The van der Waals surface area contributed by atoms with Gasteiger partial charge < -0.3 is 15.5 Å². The van der Waals surface area contributed by atoms with Gasteiger partial charge in [0.05, 0.1) is 12.2 Å². The minimum atomic E-state index is -0.532. The summed E-state index contributed by atoms with van der Waals surface area (Å²) in [5.41, 5.74) is 2.08. The van der Waals surface area contributed by atoms with E-state index in [-0.39, 0.29) is 11.7 Å². The summed E-state index contributed by atoms with van der Waals surface area (Å²) in [5, 5.41) is 9.62. The summed E-state index contributed by atoms with van der Waals surface area (Å²) in [6.45, 7) is 1.63. The van der Waals surface area contributed by atoms with Gasteiger partial charge in [0, 0.05) is 37.1 Å². The summed E-state index contributed by atoms with van der Waals surface area (Å²) < 4.78 is 28.1. The van der Waals surface area contributed by atoms with E-state index in [1.807, 2.05) is 35.7 Å². The number of aliphatic imine (C=N–C) groups is 1. The summed E-state index contributed by atoms with van der Waals surface area (Å²) >= 11 is 1.61. The van der Waals surface area contributed by atoms with Crippen LogP contribution in [-0.4, -0.2) is 37.1 Å². The first-order valence-electron chi connectivity index (χ1n) is 9.80. The second kappa shape index (κ2) is 9.21. The minimum absolute atomic E-state index is 0.0423. The van der Waals surface area contributed by atoms with Crippen molar-refractivity contribution in [3.8, 4) is 10.6 Å². The SMILES string of the molecule is CN=C(NCc1csc(-c2ccccc2)n1)NC1CCN(c2c(F)cccc2F)C1. The van der Waals surface area contributed by atoms with E-state index in [0.29, 0.717) is 25.6 Å². The number of hydrogen-bond donors (Lipinski definition) is 2. The fraction of sp³-hybridized carbons (Fsp3) is 0.273. The van der Waals surface area contributed by atoms with Gasteiger partial charge >= 0.3 is 0 Å². The molecule has 156 valence electrons. The molecular weight excluding hydrogens is 404 g/mol. The van der Waals surface area contributed by atoms with Crippen molar-refractivity contribution in [1.82, 2.24) is 15.6 Å². The first kappa shape index (κ1) is 20.3. The van der Waals surface area contributed by atoms with Crippen LogP contribution in [0.25, 0.3) is 10.6 Å². The highest BCUT2D eigenvalue weighted by Gasteiger charge is 2.27. The molecule has 1 aromatic heterocycles. The molecule has 1 aliphatic heterocycles. The molecule has 0 radical (unpaired) electrons. The molecule has 0 amide bonds. The van der Waals surface area contributed by atoms with Crippen LogP contribution in [0.15, 0.2) is 58.9 Å². The molecular formula is C22H23F2N5S. The Hall–Kier alpha value is -3.00. The summed E-state index contributed by atoms with van der Waals surface area (Å²) in [6.07, 6.45) is 0.767. The summed E-state index contributed by atoms with van der Waals surface area (Å²) in [6, 6.07) is 14.1. The highest BCUT2D eigenvalue weighted by molar-refractivity contribution is 7.13. The number of halogens is 2.